The summed E-state index contributed by atoms with van der Waals surface area (Å²) in [6, 6.07) is 13.9. The number of halogens is 1. The number of nitrogens with zero attached hydrogens (tertiary/aromatic N) is 3. The average molecular weight is 410 g/mol. The van der Waals surface area contributed by atoms with Crippen LogP contribution in [0.25, 0.3) is 0 Å². The van der Waals surface area contributed by atoms with Gasteiger partial charge < -0.3 is 14.7 Å². The summed E-state index contributed by atoms with van der Waals surface area (Å²) in [5.41, 5.74) is 2.25. The summed E-state index contributed by atoms with van der Waals surface area (Å²) < 4.78 is 14.1. The third kappa shape index (κ3) is 3.91. The predicted molar refractivity (Wildman–Crippen MR) is 115 cm³/mol. The zero-order valence-electron chi connectivity index (χ0n) is 17.6. The summed E-state index contributed by atoms with van der Waals surface area (Å²) in [5, 5.41) is 0. The minimum Gasteiger partial charge on any atom is -0.366 e. The largest absolute Gasteiger partial charge is 0.366 e. The number of rotatable bonds is 5. The number of fused-ring (bicyclic) bond motifs is 1. The minimum atomic E-state index is -0.468. The molecule has 1 atom stereocenters. The SMILES string of the molecule is CC(C)C[C@@H](C(=O)N1CCN(c2ccccc2F)CC1)N1Cc2ccccc2C1=O. The highest BCUT2D eigenvalue weighted by molar-refractivity contribution is 6.01. The summed E-state index contributed by atoms with van der Waals surface area (Å²) in [6.45, 7) is 6.83. The topological polar surface area (TPSA) is 43.9 Å². The molecule has 0 unspecified atom stereocenters. The zero-order valence-corrected chi connectivity index (χ0v) is 17.6. The minimum absolute atomic E-state index is 0.00182. The zero-order chi connectivity index (χ0) is 21.3. The van der Waals surface area contributed by atoms with Crippen molar-refractivity contribution < 1.29 is 14.0 Å². The predicted octanol–water partition coefficient (Wildman–Crippen LogP) is 3.55. The van der Waals surface area contributed by atoms with Crippen molar-refractivity contribution in [3.63, 3.8) is 0 Å². The monoisotopic (exact) mass is 409 g/mol. The molecular weight excluding hydrogens is 381 g/mol. The van der Waals surface area contributed by atoms with Gasteiger partial charge >= 0.3 is 0 Å². The van der Waals surface area contributed by atoms with Crippen molar-refractivity contribution in [2.75, 3.05) is 31.1 Å². The third-order valence-electron chi connectivity index (χ3n) is 5.99. The van der Waals surface area contributed by atoms with Crippen LogP contribution in [0.4, 0.5) is 10.1 Å². The van der Waals surface area contributed by atoms with Gasteiger partial charge in [0.1, 0.15) is 11.9 Å². The van der Waals surface area contributed by atoms with Gasteiger partial charge in [-0.25, -0.2) is 4.39 Å². The number of piperazine rings is 1. The van der Waals surface area contributed by atoms with E-state index in [9.17, 15) is 14.0 Å². The van der Waals surface area contributed by atoms with Crippen molar-refractivity contribution in [1.29, 1.82) is 0 Å². The van der Waals surface area contributed by atoms with Crippen molar-refractivity contribution in [3.05, 3.63) is 65.5 Å². The molecule has 1 saturated heterocycles. The maximum atomic E-state index is 14.1. The lowest BCUT2D eigenvalue weighted by molar-refractivity contribution is -0.137. The fourth-order valence-corrected chi connectivity index (χ4v) is 4.42. The van der Waals surface area contributed by atoms with Crippen LogP contribution in [-0.4, -0.2) is 53.8 Å². The highest BCUT2D eigenvalue weighted by atomic mass is 19.1. The van der Waals surface area contributed by atoms with Crippen LogP contribution in [0, 0.1) is 11.7 Å². The van der Waals surface area contributed by atoms with Crippen LogP contribution >= 0.6 is 0 Å². The first kappa shape index (κ1) is 20.4. The molecule has 0 aliphatic carbocycles. The van der Waals surface area contributed by atoms with Crippen LogP contribution in [-0.2, 0) is 11.3 Å². The molecule has 2 aromatic rings. The molecule has 30 heavy (non-hydrogen) atoms. The number of carbonyl (C=O) groups excluding carboxylic acids is 2. The molecule has 5 nitrogen and oxygen atoms in total. The lowest BCUT2D eigenvalue weighted by atomic mass is 10.0. The van der Waals surface area contributed by atoms with Crippen LogP contribution in [0.15, 0.2) is 48.5 Å². The Balaban J connectivity index is 1.47. The van der Waals surface area contributed by atoms with E-state index in [1.165, 1.54) is 6.07 Å². The van der Waals surface area contributed by atoms with Gasteiger partial charge in [-0.2, -0.15) is 0 Å². The number of benzene rings is 2. The molecule has 0 N–H and O–H groups in total. The Bertz CT molecular complexity index is 938. The van der Waals surface area contributed by atoms with E-state index in [0.717, 1.165) is 5.56 Å². The van der Waals surface area contributed by atoms with Crippen molar-refractivity contribution >= 4 is 17.5 Å². The quantitative estimate of drug-likeness (QED) is 0.759. The van der Waals surface area contributed by atoms with E-state index >= 15 is 0 Å². The van der Waals surface area contributed by atoms with Gasteiger partial charge in [0.25, 0.3) is 5.91 Å². The molecule has 2 aliphatic heterocycles. The molecule has 4 rings (SSSR count). The van der Waals surface area contributed by atoms with Gasteiger partial charge in [0.15, 0.2) is 0 Å². The lowest BCUT2D eigenvalue weighted by Gasteiger charge is -2.39. The smallest absolute Gasteiger partial charge is 0.255 e. The molecule has 6 heteroatoms. The van der Waals surface area contributed by atoms with Crippen LogP contribution in [0.1, 0.15) is 36.2 Å². The van der Waals surface area contributed by atoms with Crippen molar-refractivity contribution in [3.8, 4) is 0 Å². The van der Waals surface area contributed by atoms with E-state index in [-0.39, 0.29) is 23.5 Å². The van der Waals surface area contributed by atoms with Gasteiger partial charge in [0.05, 0.1) is 5.69 Å². The van der Waals surface area contributed by atoms with Gasteiger partial charge in [0.2, 0.25) is 5.91 Å². The molecule has 0 bridgehead atoms. The Labute approximate surface area is 177 Å². The second-order valence-corrected chi connectivity index (χ2v) is 8.50. The van der Waals surface area contributed by atoms with Gasteiger partial charge in [-0.1, -0.05) is 44.2 Å². The van der Waals surface area contributed by atoms with Crippen LogP contribution in [0.3, 0.4) is 0 Å². The molecule has 158 valence electrons. The number of hydrogen-bond donors (Lipinski definition) is 0. The number of para-hydroxylation sites is 1. The fraction of sp³-hybridized carbons (Fsp3) is 0.417. The Morgan fingerprint density at radius 3 is 2.33 bits per heavy atom. The first-order chi connectivity index (χ1) is 14.5. The van der Waals surface area contributed by atoms with Crippen LogP contribution in [0.5, 0.6) is 0 Å². The summed E-state index contributed by atoms with van der Waals surface area (Å²) in [5.74, 6) is -0.0156. The standard InChI is InChI=1S/C24H28FN3O2/c1-17(2)15-22(28-16-18-7-3-4-8-19(18)23(28)29)24(30)27-13-11-26(12-14-27)21-10-6-5-9-20(21)25/h3-10,17,22H,11-16H2,1-2H3/t22-/m0/s1. The summed E-state index contributed by atoms with van der Waals surface area (Å²) in [4.78, 5) is 32.0. The molecule has 2 aliphatic rings. The van der Waals surface area contributed by atoms with E-state index in [0.29, 0.717) is 50.4 Å². The average Bonchev–Trinajstić information content (AvgIpc) is 3.08. The van der Waals surface area contributed by atoms with E-state index in [2.05, 4.69) is 13.8 Å². The summed E-state index contributed by atoms with van der Waals surface area (Å²) in [7, 11) is 0. The normalized spacial score (nSPS) is 17.5. The van der Waals surface area contributed by atoms with Crippen molar-refractivity contribution in [2.45, 2.75) is 32.9 Å². The molecule has 0 radical (unpaired) electrons. The molecule has 1 fully saturated rings. The summed E-state index contributed by atoms with van der Waals surface area (Å²) in [6.07, 6.45) is 0.631. The Morgan fingerprint density at radius 1 is 1.00 bits per heavy atom. The summed E-state index contributed by atoms with van der Waals surface area (Å²) >= 11 is 0. The molecule has 2 heterocycles. The van der Waals surface area contributed by atoms with Crippen molar-refractivity contribution in [2.24, 2.45) is 5.92 Å². The van der Waals surface area contributed by atoms with E-state index in [4.69, 9.17) is 0 Å². The number of hydrogen-bond acceptors (Lipinski definition) is 3. The Kier molecular flexibility index (Phi) is 5.75. The van der Waals surface area contributed by atoms with Crippen LogP contribution in [0.2, 0.25) is 0 Å². The molecular formula is C24H28FN3O2. The number of anilines is 1. The Hall–Kier alpha value is -2.89. The second kappa shape index (κ2) is 8.46. The van der Waals surface area contributed by atoms with E-state index < -0.39 is 6.04 Å². The fourth-order valence-electron chi connectivity index (χ4n) is 4.42. The first-order valence-corrected chi connectivity index (χ1v) is 10.6. The lowest BCUT2D eigenvalue weighted by Crippen LogP contribution is -2.55. The van der Waals surface area contributed by atoms with Crippen molar-refractivity contribution in [1.82, 2.24) is 9.80 Å². The highest BCUT2D eigenvalue weighted by Crippen LogP contribution is 2.28. The highest BCUT2D eigenvalue weighted by Gasteiger charge is 2.39. The Morgan fingerprint density at radius 2 is 1.67 bits per heavy atom. The van der Waals surface area contributed by atoms with Gasteiger partial charge in [-0.05, 0) is 36.1 Å². The second-order valence-electron chi connectivity index (χ2n) is 8.50. The van der Waals surface area contributed by atoms with E-state index in [1.807, 2.05) is 40.1 Å². The number of carbonyl (C=O) groups is 2. The van der Waals surface area contributed by atoms with Gasteiger partial charge in [0, 0.05) is 38.3 Å². The molecule has 0 saturated carbocycles. The maximum Gasteiger partial charge on any atom is 0.255 e. The van der Waals surface area contributed by atoms with Crippen LogP contribution < -0.4 is 4.90 Å². The molecule has 2 aromatic carbocycles. The molecule has 2 amide bonds. The van der Waals surface area contributed by atoms with E-state index in [1.54, 1.807) is 17.0 Å². The number of amides is 2. The van der Waals surface area contributed by atoms with Gasteiger partial charge in [-0.3, -0.25) is 9.59 Å². The maximum absolute atomic E-state index is 14.1. The molecule has 0 aromatic heterocycles. The third-order valence-corrected chi connectivity index (χ3v) is 5.99. The first-order valence-electron chi connectivity index (χ1n) is 10.6. The van der Waals surface area contributed by atoms with Gasteiger partial charge in [-0.15, -0.1) is 0 Å². The molecule has 0 spiro atoms.